The molecular formula is C18H20N2O4. The average molecular weight is 328 g/mol. The molecule has 0 spiro atoms. The number of fused-ring (bicyclic) bond motifs is 1. The number of hydrogen-bond donors (Lipinski definition) is 1. The van der Waals surface area contributed by atoms with E-state index >= 15 is 0 Å². The van der Waals surface area contributed by atoms with Crippen LogP contribution in [0.25, 0.3) is 0 Å². The molecule has 0 fully saturated rings. The van der Waals surface area contributed by atoms with Gasteiger partial charge in [0.25, 0.3) is 5.91 Å². The third-order valence-corrected chi connectivity index (χ3v) is 3.50. The highest BCUT2D eigenvalue weighted by molar-refractivity contribution is 6.05. The zero-order valence-electron chi connectivity index (χ0n) is 13.7. The molecule has 1 heterocycles. The lowest BCUT2D eigenvalue weighted by Crippen LogP contribution is -2.41. The largest absolute Gasteiger partial charge is 0.452 e. The average Bonchev–Trinajstić information content (AvgIpc) is 2.67. The Bertz CT molecular complexity index is 694. The minimum Gasteiger partial charge on any atom is -0.452 e. The number of ether oxygens (including phenoxy) is 1. The second-order valence-corrected chi connectivity index (χ2v) is 5.37. The van der Waals surface area contributed by atoms with Crippen LogP contribution in [0.2, 0.25) is 0 Å². The van der Waals surface area contributed by atoms with Crippen LogP contribution < -0.4 is 10.2 Å². The molecule has 1 atom stereocenters. The smallest absolute Gasteiger partial charge is 0.331 e. The van der Waals surface area contributed by atoms with Crippen LogP contribution in [0.1, 0.15) is 20.3 Å². The van der Waals surface area contributed by atoms with Crippen LogP contribution in [0, 0.1) is 0 Å². The fourth-order valence-electron chi connectivity index (χ4n) is 2.46. The van der Waals surface area contributed by atoms with Crippen LogP contribution >= 0.6 is 0 Å². The first kappa shape index (κ1) is 17.5. The molecular weight excluding hydrogens is 308 g/mol. The summed E-state index contributed by atoms with van der Waals surface area (Å²) in [5.74, 6) is -1.12. The van der Waals surface area contributed by atoms with Crippen molar-refractivity contribution < 1.29 is 19.1 Å². The Balaban J connectivity index is 2.12. The van der Waals surface area contributed by atoms with Gasteiger partial charge < -0.3 is 15.0 Å². The number of allylic oxidation sites excluding steroid dienone is 3. The number of anilines is 2. The third kappa shape index (κ3) is 4.32. The van der Waals surface area contributed by atoms with E-state index in [4.69, 9.17) is 4.74 Å². The normalized spacial score (nSPS) is 17.5. The van der Waals surface area contributed by atoms with E-state index in [2.05, 4.69) is 5.32 Å². The van der Waals surface area contributed by atoms with E-state index in [1.807, 2.05) is 6.92 Å². The third-order valence-electron chi connectivity index (χ3n) is 3.50. The van der Waals surface area contributed by atoms with Gasteiger partial charge in [-0.25, -0.2) is 4.79 Å². The van der Waals surface area contributed by atoms with Crippen LogP contribution in [0.4, 0.5) is 11.4 Å². The number of nitrogens with zero attached hydrogens (tertiary/aromatic N) is 1. The summed E-state index contributed by atoms with van der Waals surface area (Å²) >= 11 is 0. The number of para-hydroxylation sites is 2. The van der Waals surface area contributed by atoms with E-state index in [1.54, 1.807) is 49.4 Å². The molecule has 1 N–H and O–H groups in total. The van der Waals surface area contributed by atoms with Crippen LogP contribution in [-0.2, 0) is 19.1 Å². The van der Waals surface area contributed by atoms with Gasteiger partial charge in [0.1, 0.15) is 0 Å². The molecule has 0 bridgehead atoms. The second-order valence-electron chi connectivity index (χ2n) is 5.37. The van der Waals surface area contributed by atoms with E-state index in [9.17, 15) is 14.4 Å². The molecule has 6 nitrogen and oxygen atoms in total. The first-order chi connectivity index (χ1) is 11.5. The summed E-state index contributed by atoms with van der Waals surface area (Å²) in [4.78, 5) is 37.5. The fraction of sp³-hybridized carbons (Fsp3) is 0.278. The number of rotatable bonds is 4. The van der Waals surface area contributed by atoms with Gasteiger partial charge in [-0.1, -0.05) is 30.4 Å². The number of benzene rings is 1. The molecule has 1 aliphatic rings. The molecule has 24 heavy (non-hydrogen) atoms. The molecule has 0 saturated heterocycles. The Morgan fingerprint density at radius 1 is 1.33 bits per heavy atom. The predicted molar refractivity (Wildman–Crippen MR) is 91.5 cm³/mol. The van der Waals surface area contributed by atoms with Gasteiger partial charge in [0.15, 0.2) is 6.61 Å². The highest BCUT2D eigenvalue weighted by Gasteiger charge is 2.29. The standard InChI is InChI=1S/C18H20N2O4/c1-3-4-5-10-18(23)24-12-17(22)20-13(2)11-16(21)19-14-8-6-7-9-15(14)20/h3-10,13H,11-12H2,1-2H3,(H,19,21)/b4-3+,10-5+. The van der Waals surface area contributed by atoms with Crippen molar-refractivity contribution in [1.82, 2.24) is 0 Å². The number of esters is 1. The Morgan fingerprint density at radius 2 is 2.08 bits per heavy atom. The number of amides is 2. The van der Waals surface area contributed by atoms with Crippen molar-refractivity contribution in [3.8, 4) is 0 Å². The highest BCUT2D eigenvalue weighted by atomic mass is 16.5. The quantitative estimate of drug-likeness (QED) is 0.523. The van der Waals surface area contributed by atoms with E-state index in [0.29, 0.717) is 11.4 Å². The molecule has 0 aromatic heterocycles. The Labute approximate surface area is 140 Å². The van der Waals surface area contributed by atoms with Crippen LogP contribution in [0.3, 0.4) is 0 Å². The maximum absolute atomic E-state index is 12.5. The molecule has 1 aromatic rings. The van der Waals surface area contributed by atoms with Crippen molar-refractivity contribution in [2.45, 2.75) is 26.3 Å². The molecule has 1 aliphatic heterocycles. The monoisotopic (exact) mass is 328 g/mol. The van der Waals surface area contributed by atoms with Gasteiger partial charge in [-0.05, 0) is 26.0 Å². The minimum absolute atomic E-state index is 0.156. The zero-order valence-corrected chi connectivity index (χ0v) is 13.7. The number of nitrogens with one attached hydrogen (secondary N) is 1. The highest BCUT2D eigenvalue weighted by Crippen LogP contribution is 2.31. The van der Waals surface area contributed by atoms with Crippen LogP contribution in [0.15, 0.2) is 48.6 Å². The Morgan fingerprint density at radius 3 is 2.83 bits per heavy atom. The fourth-order valence-corrected chi connectivity index (χ4v) is 2.46. The number of hydrogen-bond acceptors (Lipinski definition) is 4. The van der Waals surface area contributed by atoms with Crippen LogP contribution in [0.5, 0.6) is 0 Å². The van der Waals surface area contributed by atoms with E-state index in [1.165, 1.54) is 11.0 Å². The second kappa shape index (κ2) is 8.10. The molecule has 2 rings (SSSR count). The predicted octanol–water partition coefficient (Wildman–Crippen LogP) is 2.43. The van der Waals surface area contributed by atoms with Gasteiger partial charge in [-0.3, -0.25) is 9.59 Å². The summed E-state index contributed by atoms with van der Waals surface area (Å²) in [6, 6.07) is 6.72. The first-order valence-corrected chi connectivity index (χ1v) is 7.70. The van der Waals surface area contributed by atoms with Crippen molar-refractivity contribution >= 4 is 29.2 Å². The molecule has 1 unspecified atom stereocenters. The molecule has 6 heteroatoms. The Kier molecular flexibility index (Phi) is 5.89. The molecule has 0 saturated carbocycles. The first-order valence-electron chi connectivity index (χ1n) is 7.70. The van der Waals surface area contributed by atoms with Gasteiger partial charge in [0.05, 0.1) is 11.4 Å². The maximum Gasteiger partial charge on any atom is 0.331 e. The molecule has 0 aliphatic carbocycles. The van der Waals surface area contributed by atoms with Gasteiger partial charge >= 0.3 is 5.97 Å². The number of carbonyl (C=O) groups is 3. The van der Waals surface area contributed by atoms with Gasteiger partial charge in [-0.2, -0.15) is 0 Å². The molecule has 2 amide bonds. The molecule has 1 aromatic carbocycles. The summed E-state index contributed by atoms with van der Waals surface area (Å²) in [6.07, 6.45) is 6.43. The lowest BCUT2D eigenvalue weighted by Gasteiger charge is -2.27. The summed E-state index contributed by atoms with van der Waals surface area (Å²) in [7, 11) is 0. The van der Waals surface area contributed by atoms with E-state index < -0.39 is 5.97 Å². The van der Waals surface area contributed by atoms with Gasteiger partial charge in [0, 0.05) is 18.5 Å². The Hall–Kier alpha value is -2.89. The van der Waals surface area contributed by atoms with Gasteiger partial charge in [0.2, 0.25) is 5.91 Å². The van der Waals surface area contributed by atoms with Crippen molar-refractivity contribution in [3.05, 3.63) is 48.6 Å². The number of carbonyl (C=O) groups excluding carboxylic acids is 3. The molecule has 126 valence electrons. The molecule has 0 radical (unpaired) electrons. The zero-order chi connectivity index (χ0) is 17.5. The SMILES string of the molecule is C/C=C/C=C/C(=O)OCC(=O)N1c2ccccc2NC(=O)CC1C. The van der Waals surface area contributed by atoms with E-state index in [-0.39, 0.29) is 30.9 Å². The van der Waals surface area contributed by atoms with E-state index in [0.717, 1.165) is 0 Å². The van der Waals surface area contributed by atoms with Crippen molar-refractivity contribution in [2.24, 2.45) is 0 Å². The van der Waals surface area contributed by atoms with Crippen molar-refractivity contribution in [3.63, 3.8) is 0 Å². The van der Waals surface area contributed by atoms with Crippen molar-refractivity contribution in [1.29, 1.82) is 0 Å². The van der Waals surface area contributed by atoms with Crippen molar-refractivity contribution in [2.75, 3.05) is 16.8 Å². The maximum atomic E-state index is 12.5. The lowest BCUT2D eigenvalue weighted by molar-refractivity contribution is -0.143. The van der Waals surface area contributed by atoms with Crippen LogP contribution in [-0.4, -0.2) is 30.4 Å². The lowest BCUT2D eigenvalue weighted by atomic mass is 10.1. The summed E-state index contributed by atoms with van der Waals surface area (Å²) in [6.45, 7) is 3.23. The topological polar surface area (TPSA) is 75.7 Å². The summed E-state index contributed by atoms with van der Waals surface area (Å²) in [5.41, 5.74) is 1.17. The summed E-state index contributed by atoms with van der Waals surface area (Å²) < 4.78 is 4.98. The minimum atomic E-state index is -0.591. The summed E-state index contributed by atoms with van der Waals surface area (Å²) in [5, 5.41) is 2.78. The van der Waals surface area contributed by atoms with Gasteiger partial charge in [-0.15, -0.1) is 0 Å².